The molecule has 0 aliphatic heterocycles. The zero-order chi connectivity index (χ0) is 19.0. The van der Waals surface area contributed by atoms with Gasteiger partial charge in [0.1, 0.15) is 5.58 Å². The summed E-state index contributed by atoms with van der Waals surface area (Å²) >= 11 is 0. The molecule has 0 fully saturated rings. The maximum absolute atomic E-state index is 12.7. The summed E-state index contributed by atoms with van der Waals surface area (Å²) in [6.45, 7) is 1.87. The van der Waals surface area contributed by atoms with Gasteiger partial charge in [0.2, 0.25) is 0 Å². The Bertz CT molecular complexity index is 1170. The number of hydrogen-bond acceptors (Lipinski definition) is 4. The van der Waals surface area contributed by atoms with E-state index in [-0.39, 0.29) is 11.7 Å². The molecular weight excluding hydrogens is 342 g/mol. The first-order valence-corrected chi connectivity index (χ1v) is 8.49. The largest absolute Gasteiger partial charge is 0.465 e. The minimum Gasteiger partial charge on any atom is -0.465 e. The summed E-state index contributed by atoms with van der Waals surface area (Å²) in [5.41, 5.74) is 2.48. The third kappa shape index (κ3) is 2.93. The maximum atomic E-state index is 12.7. The van der Waals surface area contributed by atoms with Crippen molar-refractivity contribution in [2.75, 3.05) is 12.4 Å². The number of rotatable bonds is 3. The van der Waals surface area contributed by atoms with Crippen molar-refractivity contribution in [3.05, 3.63) is 77.6 Å². The van der Waals surface area contributed by atoms with Crippen LogP contribution >= 0.6 is 0 Å². The van der Waals surface area contributed by atoms with Crippen LogP contribution in [-0.4, -0.2) is 19.0 Å². The van der Waals surface area contributed by atoms with E-state index in [4.69, 9.17) is 4.42 Å². The third-order valence-corrected chi connectivity index (χ3v) is 4.60. The minimum atomic E-state index is -0.423. The maximum Gasteiger partial charge on any atom is 0.337 e. The first-order valence-electron chi connectivity index (χ1n) is 8.49. The smallest absolute Gasteiger partial charge is 0.337 e. The second kappa shape index (κ2) is 6.61. The van der Waals surface area contributed by atoms with Crippen LogP contribution in [0.1, 0.15) is 26.5 Å². The molecule has 0 saturated carbocycles. The van der Waals surface area contributed by atoms with Crippen LogP contribution in [0, 0.1) is 6.92 Å². The summed E-state index contributed by atoms with van der Waals surface area (Å²) in [4.78, 5) is 24.2. The lowest BCUT2D eigenvalue weighted by atomic mass is 10.1. The number of esters is 1. The molecule has 0 spiro atoms. The number of ether oxygens (including phenoxy) is 1. The van der Waals surface area contributed by atoms with Gasteiger partial charge in [-0.1, -0.05) is 36.4 Å². The van der Waals surface area contributed by atoms with Gasteiger partial charge in [0.15, 0.2) is 5.76 Å². The summed E-state index contributed by atoms with van der Waals surface area (Å²) in [6.07, 6.45) is 0. The van der Waals surface area contributed by atoms with E-state index >= 15 is 0 Å². The number of aryl methyl sites for hydroxylation is 1. The molecule has 1 heterocycles. The van der Waals surface area contributed by atoms with Crippen LogP contribution in [0.5, 0.6) is 0 Å². The van der Waals surface area contributed by atoms with Crippen LogP contribution in [0.4, 0.5) is 5.69 Å². The molecule has 5 heteroatoms. The van der Waals surface area contributed by atoms with Crippen molar-refractivity contribution in [1.82, 2.24) is 0 Å². The van der Waals surface area contributed by atoms with Crippen molar-refractivity contribution in [2.24, 2.45) is 0 Å². The van der Waals surface area contributed by atoms with Crippen LogP contribution in [0.25, 0.3) is 21.7 Å². The van der Waals surface area contributed by atoms with E-state index in [1.54, 1.807) is 24.3 Å². The molecule has 134 valence electrons. The molecule has 4 rings (SSSR count). The van der Waals surface area contributed by atoms with E-state index in [1.807, 2.05) is 43.3 Å². The highest BCUT2D eigenvalue weighted by Crippen LogP contribution is 2.32. The van der Waals surface area contributed by atoms with Gasteiger partial charge in [-0.3, -0.25) is 4.79 Å². The summed E-state index contributed by atoms with van der Waals surface area (Å²) < 4.78 is 10.6. The molecule has 27 heavy (non-hydrogen) atoms. The quantitative estimate of drug-likeness (QED) is 0.527. The van der Waals surface area contributed by atoms with Gasteiger partial charge >= 0.3 is 5.97 Å². The molecule has 1 N–H and O–H groups in total. The average molecular weight is 359 g/mol. The van der Waals surface area contributed by atoms with E-state index in [9.17, 15) is 9.59 Å². The SMILES string of the molecule is COC(=O)c1ccc(NC(=O)c2oc3c(ccc4ccccc43)c2C)cc1. The van der Waals surface area contributed by atoms with E-state index in [0.717, 1.165) is 21.7 Å². The summed E-state index contributed by atoms with van der Waals surface area (Å²) in [5, 5.41) is 5.76. The molecule has 0 atom stereocenters. The second-order valence-corrected chi connectivity index (χ2v) is 6.24. The molecule has 5 nitrogen and oxygen atoms in total. The van der Waals surface area contributed by atoms with Gasteiger partial charge in [-0.05, 0) is 36.6 Å². The van der Waals surface area contributed by atoms with Crippen molar-refractivity contribution in [1.29, 1.82) is 0 Å². The lowest BCUT2D eigenvalue weighted by molar-refractivity contribution is 0.0600. The van der Waals surface area contributed by atoms with Crippen LogP contribution < -0.4 is 5.32 Å². The molecule has 0 aliphatic rings. The number of hydrogen-bond donors (Lipinski definition) is 1. The Morgan fingerprint density at radius 3 is 2.41 bits per heavy atom. The van der Waals surface area contributed by atoms with Crippen LogP contribution in [0.15, 0.2) is 65.1 Å². The summed E-state index contributed by atoms with van der Waals surface area (Å²) in [5.74, 6) is -0.482. The minimum absolute atomic E-state index is 0.276. The van der Waals surface area contributed by atoms with Gasteiger partial charge in [-0.15, -0.1) is 0 Å². The van der Waals surface area contributed by atoms with E-state index < -0.39 is 5.97 Å². The second-order valence-electron chi connectivity index (χ2n) is 6.24. The molecular formula is C22H17NO4. The fourth-order valence-corrected chi connectivity index (χ4v) is 3.16. The molecule has 0 bridgehead atoms. The highest BCUT2D eigenvalue weighted by molar-refractivity contribution is 6.11. The molecule has 0 unspecified atom stereocenters. The van der Waals surface area contributed by atoms with E-state index in [0.29, 0.717) is 16.8 Å². The fourth-order valence-electron chi connectivity index (χ4n) is 3.16. The highest BCUT2D eigenvalue weighted by atomic mass is 16.5. The van der Waals surface area contributed by atoms with Gasteiger partial charge in [-0.2, -0.15) is 0 Å². The first kappa shape index (κ1) is 16.8. The van der Waals surface area contributed by atoms with Crippen LogP contribution in [-0.2, 0) is 4.74 Å². The topological polar surface area (TPSA) is 68.5 Å². The zero-order valence-electron chi connectivity index (χ0n) is 14.9. The number of fused-ring (bicyclic) bond motifs is 3. The number of anilines is 1. The van der Waals surface area contributed by atoms with E-state index in [1.165, 1.54) is 7.11 Å². The predicted molar refractivity (Wildman–Crippen MR) is 104 cm³/mol. The van der Waals surface area contributed by atoms with Crippen molar-refractivity contribution in [3.8, 4) is 0 Å². The number of carbonyl (C=O) groups excluding carboxylic acids is 2. The van der Waals surface area contributed by atoms with Gasteiger partial charge in [-0.25, -0.2) is 4.79 Å². The monoisotopic (exact) mass is 359 g/mol. The Balaban J connectivity index is 1.67. The average Bonchev–Trinajstić information content (AvgIpc) is 3.05. The first-order chi connectivity index (χ1) is 13.1. The summed E-state index contributed by atoms with van der Waals surface area (Å²) in [6, 6.07) is 18.4. The molecule has 4 aromatic rings. The normalized spacial score (nSPS) is 10.9. The van der Waals surface area contributed by atoms with Crippen LogP contribution in [0.3, 0.4) is 0 Å². The zero-order valence-corrected chi connectivity index (χ0v) is 14.9. The molecule has 1 amide bonds. The standard InChI is InChI=1S/C22H17NO4/c1-13-17-12-9-14-5-3-4-6-18(14)20(17)27-19(13)21(24)23-16-10-7-15(8-11-16)22(25)26-2/h3-12H,1-2H3,(H,23,24). The Hall–Kier alpha value is -3.60. The van der Waals surface area contributed by atoms with E-state index in [2.05, 4.69) is 10.1 Å². The van der Waals surface area contributed by atoms with Crippen molar-refractivity contribution in [2.45, 2.75) is 6.92 Å². The van der Waals surface area contributed by atoms with Gasteiger partial charge in [0.05, 0.1) is 12.7 Å². The molecule has 0 aliphatic carbocycles. The summed E-state index contributed by atoms with van der Waals surface area (Å²) in [7, 11) is 1.33. The number of furan rings is 1. The van der Waals surface area contributed by atoms with Crippen molar-refractivity contribution >= 4 is 39.3 Å². The van der Waals surface area contributed by atoms with Crippen LogP contribution in [0.2, 0.25) is 0 Å². The number of methoxy groups -OCH3 is 1. The fraction of sp³-hybridized carbons (Fsp3) is 0.0909. The van der Waals surface area contributed by atoms with Gasteiger partial charge < -0.3 is 14.5 Å². The molecule has 0 saturated heterocycles. The van der Waals surface area contributed by atoms with Gasteiger partial charge in [0, 0.05) is 22.0 Å². The van der Waals surface area contributed by atoms with Crippen molar-refractivity contribution < 1.29 is 18.7 Å². The Kier molecular flexibility index (Phi) is 4.12. The Labute approximate surface area is 155 Å². The number of benzene rings is 3. The predicted octanol–water partition coefficient (Wildman–Crippen LogP) is 4.93. The number of nitrogens with one attached hydrogen (secondary N) is 1. The Morgan fingerprint density at radius 2 is 1.67 bits per heavy atom. The third-order valence-electron chi connectivity index (χ3n) is 4.60. The van der Waals surface area contributed by atoms with Crippen molar-refractivity contribution in [3.63, 3.8) is 0 Å². The lowest BCUT2D eigenvalue weighted by Crippen LogP contribution is -2.12. The molecule has 3 aromatic carbocycles. The lowest BCUT2D eigenvalue weighted by Gasteiger charge is -2.05. The van der Waals surface area contributed by atoms with Gasteiger partial charge in [0.25, 0.3) is 5.91 Å². The highest BCUT2D eigenvalue weighted by Gasteiger charge is 2.19. The Morgan fingerprint density at radius 1 is 0.926 bits per heavy atom. The molecule has 1 aromatic heterocycles. The number of amides is 1. The molecule has 0 radical (unpaired) electrons. The number of carbonyl (C=O) groups is 2.